The molecule has 0 saturated carbocycles. The molecule has 0 atom stereocenters. The quantitative estimate of drug-likeness (QED) is 0.0403. The molecule has 51 heavy (non-hydrogen) atoms. The van der Waals surface area contributed by atoms with Gasteiger partial charge in [-0.2, -0.15) is 0 Å². The number of halogens is 6. The van der Waals surface area contributed by atoms with Gasteiger partial charge in [0.1, 0.15) is 0 Å². The Bertz CT molecular complexity index is 1280. The van der Waals surface area contributed by atoms with Gasteiger partial charge in [0, 0.05) is 131 Å². The topological polar surface area (TPSA) is 180 Å². The molecule has 3 aromatic rings. The zero-order valence-corrected chi connectivity index (χ0v) is 32.2. The standard InChI is InChI=1S/C10H12Cl2N2O2.C10H14Cl2N2.C10H14N2O4.CH4.Cl2OS/c11-5-7-13(8-6-12)9-1-3-10(4-2-9)14(15)16;11-5-7-14(8-6-12)10-3-1-9(13)2-4-10;13-7-5-11(6-8-14)9-1-3-10(4-2-9)12(15)16;;1-4(2)3/h1-4H,5-8H2;1-4H,5-8,13H2;1-4,13-14H,5-8H2;1H4;. The minimum Gasteiger partial charge on any atom is -0.399 e. The molecule has 3 aromatic carbocycles. The van der Waals surface area contributed by atoms with Gasteiger partial charge in [-0.15, -0.1) is 46.4 Å². The van der Waals surface area contributed by atoms with Crippen LogP contribution in [0, 0.1) is 20.2 Å². The first-order valence-corrected chi connectivity index (χ1v) is 19.6. The maximum Gasteiger partial charge on any atom is 0.269 e. The van der Waals surface area contributed by atoms with Gasteiger partial charge in [-0.3, -0.25) is 20.2 Å². The first kappa shape index (κ1) is 50.6. The van der Waals surface area contributed by atoms with Crippen LogP contribution in [0.5, 0.6) is 0 Å². The molecule has 0 radical (unpaired) electrons. The number of rotatable bonds is 17. The van der Waals surface area contributed by atoms with Gasteiger partial charge >= 0.3 is 0 Å². The van der Waals surface area contributed by atoms with E-state index in [0.717, 1.165) is 35.8 Å². The molecule has 0 spiro atoms. The molecular weight excluding hydrogens is 813 g/mol. The minimum atomic E-state index is -1.67. The molecule has 288 valence electrons. The van der Waals surface area contributed by atoms with E-state index in [-0.39, 0.29) is 32.0 Å². The fraction of sp³-hybridized carbons (Fsp3) is 0.419. The van der Waals surface area contributed by atoms with Crippen molar-refractivity contribution in [3.8, 4) is 0 Å². The normalized spacial score (nSPS) is 9.82. The molecule has 13 nitrogen and oxygen atoms in total. The third-order valence-electron chi connectivity index (χ3n) is 6.27. The molecule has 0 bridgehead atoms. The van der Waals surface area contributed by atoms with Crippen LogP contribution >= 0.6 is 67.8 Å². The number of benzene rings is 3. The Morgan fingerprint density at radius 2 is 0.804 bits per heavy atom. The second-order valence-electron chi connectivity index (χ2n) is 9.49. The molecule has 0 aliphatic rings. The molecule has 3 rings (SSSR count). The zero-order chi connectivity index (χ0) is 37.9. The lowest BCUT2D eigenvalue weighted by Crippen LogP contribution is -2.29. The van der Waals surface area contributed by atoms with Gasteiger partial charge in [0.25, 0.3) is 11.4 Å². The van der Waals surface area contributed by atoms with Crippen LogP contribution in [0.1, 0.15) is 7.43 Å². The highest BCUT2D eigenvalue weighted by atomic mass is 36.0. The number of non-ortho nitro benzene ring substituents is 2. The van der Waals surface area contributed by atoms with Crippen LogP contribution in [0.3, 0.4) is 0 Å². The number of anilines is 4. The number of nitro groups is 2. The fourth-order valence-electron chi connectivity index (χ4n) is 4.01. The fourth-order valence-corrected chi connectivity index (χ4v) is 4.83. The van der Waals surface area contributed by atoms with Crippen molar-refractivity contribution in [1.29, 1.82) is 0 Å². The number of aliphatic hydroxyl groups excluding tert-OH is 2. The summed E-state index contributed by atoms with van der Waals surface area (Å²) < 4.78 is 9.09. The SMILES string of the molecule is C.Nc1ccc(N(CCCl)CCCl)cc1.O=S(Cl)Cl.O=[N+]([O-])c1ccc(N(CCCl)CCCl)cc1.O=[N+]([O-])c1ccc(N(CCO)CCO)cc1. The van der Waals surface area contributed by atoms with Gasteiger partial charge in [-0.1, -0.05) is 7.43 Å². The Hall–Kier alpha value is -2.53. The lowest BCUT2D eigenvalue weighted by molar-refractivity contribution is -0.385. The Morgan fingerprint density at radius 1 is 0.569 bits per heavy atom. The Kier molecular flexibility index (Phi) is 30.8. The number of hydrogen-bond donors (Lipinski definition) is 3. The average molecular weight is 858 g/mol. The van der Waals surface area contributed by atoms with E-state index in [1.54, 1.807) is 29.2 Å². The van der Waals surface area contributed by atoms with E-state index < -0.39 is 19.1 Å². The molecule has 20 heteroatoms. The summed E-state index contributed by atoms with van der Waals surface area (Å²) in [5.41, 5.74) is 9.23. The van der Waals surface area contributed by atoms with Crippen LogP contribution in [0.4, 0.5) is 34.1 Å². The third-order valence-corrected chi connectivity index (χ3v) is 6.94. The van der Waals surface area contributed by atoms with Gasteiger partial charge in [0.15, 0.2) is 0 Å². The van der Waals surface area contributed by atoms with Crippen molar-refractivity contribution >= 4 is 111 Å². The predicted octanol–water partition coefficient (Wildman–Crippen LogP) is 7.50. The molecule has 4 N–H and O–H groups in total. The van der Waals surface area contributed by atoms with Crippen molar-refractivity contribution in [3.63, 3.8) is 0 Å². The summed E-state index contributed by atoms with van der Waals surface area (Å²) in [6.07, 6.45) is 0. The number of hydrogen-bond acceptors (Lipinski definition) is 11. The summed E-state index contributed by atoms with van der Waals surface area (Å²) in [6.45, 7) is 3.67. The second kappa shape index (κ2) is 31.0. The molecule has 0 aromatic heterocycles. The molecule has 0 aliphatic heterocycles. The maximum atomic E-state index is 10.5. The summed E-state index contributed by atoms with van der Waals surface area (Å²) in [5.74, 6) is 2.18. The van der Waals surface area contributed by atoms with Crippen LogP contribution in [-0.4, -0.2) is 100 Å². The van der Waals surface area contributed by atoms with E-state index in [1.165, 1.54) is 24.3 Å². The third kappa shape index (κ3) is 22.9. The number of nitrogens with zero attached hydrogens (tertiary/aromatic N) is 5. The van der Waals surface area contributed by atoms with Crippen LogP contribution in [0.15, 0.2) is 72.8 Å². The number of alkyl halides is 4. The predicted molar refractivity (Wildman–Crippen MR) is 217 cm³/mol. The van der Waals surface area contributed by atoms with Crippen LogP contribution in [0.25, 0.3) is 0 Å². The van der Waals surface area contributed by atoms with Gasteiger partial charge in [0.2, 0.25) is 9.23 Å². The highest BCUT2D eigenvalue weighted by Gasteiger charge is 2.10. The van der Waals surface area contributed by atoms with Crippen molar-refractivity contribution in [2.24, 2.45) is 0 Å². The summed E-state index contributed by atoms with van der Waals surface area (Å²) in [4.78, 5) is 25.9. The molecule has 0 aliphatic carbocycles. The van der Waals surface area contributed by atoms with E-state index in [4.69, 9.17) is 66.6 Å². The highest BCUT2D eigenvalue weighted by molar-refractivity contribution is 8.26. The summed E-state index contributed by atoms with van der Waals surface area (Å²) in [7, 11) is 7.36. The lowest BCUT2D eigenvalue weighted by Gasteiger charge is -2.22. The Labute approximate surface area is 330 Å². The van der Waals surface area contributed by atoms with Crippen molar-refractivity contribution in [2.45, 2.75) is 7.43 Å². The number of nitrogen functional groups attached to an aromatic ring is 1. The van der Waals surface area contributed by atoms with Crippen molar-refractivity contribution in [1.82, 2.24) is 0 Å². The van der Waals surface area contributed by atoms with Crippen molar-refractivity contribution < 1.29 is 24.3 Å². The van der Waals surface area contributed by atoms with E-state index >= 15 is 0 Å². The Morgan fingerprint density at radius 3 is 1.02 bits per heavy atom. The van der Waals surface area contributed by atoms with Crippen molar-refractivity contribution in [3.05, 3.63) is 93.0 Å². The monoisotopic (exact) mass is 854 g/mol. The van der Waals surface area contributed by atoms with Crippen LogP contribution < -0.4 is 20.4 Å². The maximum absolute atomic E-state index is 10.5. The largest absolute Gasteiger partial charge is 0.399 e. The Balaban J connectivity index is 0. The van der Waals surface area contributed by atoms with Gasteiger partial charge in [-0.25, -0.2) is 4.21 Å². The summed E-state index contributed by atoms with van der Waals surface area (Å²) in [6, 6.07) is 20.1. The van der Waals surface area contributed by atoms with Crippen molar-refractivity contribution in [2.75, 3.05) is 96.4 Å². The first-order valence-electron chi connectivity index (χ1n) is 14.7. The summed E-state index contributed by atoms with van der Waals surface area (Å²) in [5, 5.41) is 38.6. The van der Waals surface area contributed by atoms with Gasteiger partial charge in [0.05, 0.1) is 23.1 Å². The number of aliphatic hydroxyl groups is 2. The van der Waals surface area contributed by atoms with Crippen LogP contribution in [-0.2, 0) is 9.23 Å². The summed E-state index contributed by atoms with van der Waals surface area (Å²) >= 11 is 22.7. The lowest BCUT2D eigenvalue weighted by atomic mass is 10.2. The molecule has 0 saturated heterocycles. The second-order valence-corrected chi connectivity index (χ2v) is 13.5. The zero-order valence-electron chi connectivity index (χ0n) is 26.8. The number of nitro benzene ring substituents is 2. The molecular formula is C31H44Cl6N6O7S. The van der Waals surface area contributed by atoms with E-state index in [0.29, 0.717) is 49.7 Å². The van der Waals surface area contributed by atoms with Gasteiger partial charge in [-0.05, 0) is 48.5 Å². The number of nitrogens with two attached hydrogens (primary N) is 1. The molecule has 0 heterocycles. The van der Waals surface area contributed by atoms with Gasteiger partial charge < -0.3 is 30.6 Å². The first-order chi connectivity index (χ1) is 23.9. The van der Waals surface area contributed by atoms with Crippen LogP contribution in [0.2, 0.25) is 0 Å². The van der Waals surface area contributed by atoms with E-state index in [9.17, 15) is 20.2 Å². The smallest absolute Gasteiger partial charge is 0.269 e. The van der Waals surface area contributed by atoms with E-state index in [1.807, 2.05) is 29.2 Å². The highest BCUT2D eigenvalue weighted by Crippen LogP contribution is 2.20. The molecule has 0 unspecified atom stereocenters. The molecule has 0 amide bonds. The minimum absolute atomic E-state index is 0. The average Bonchev–Trinajstić information content (AvgIpc) is 3.09. The molecule has 0 fully saturated rings. The van der Waals surface area contributed by atoms with E-state index in [2.05, 4.69) is 26.3 Å².